The molecule has 1 amide bonds. The standard InChI is InChI=1S/C14H12ClFN2O4S/c15-11-3-1-10(2-4-11)12-6-14(22-17-12)18-7-9(5-13(18)19)8-23(16,20)21/h1-4,6,9H,5,7-8H2. The van der Waals surface area contributed by atoms with Crippen LogP contribution in [0.2, 0.25) is 5.02 Å². The molecule has 0 saturated carbocycles. The quantitative estimate of drug-likeness (QED) is 0.785. The number of benzene rings is 1. The van der Waals surface area contributed by atoms with Gasteiger partial charge in [-0.15, -0.1) is 3.89 Å². The number of carbonyl (C=O) groups excluding carboxylic acids is 1. The molecule has 0 aliphatic carbocycles. The molecule has 2 aromatic rings. The first-order valence-corrected chi connectivity index (χ1v) is 8.70. The summed E-state index contributed by atoms with van der Waals surface area (Å²) in [5.74, 6) is -1.38. The van der Waals surface area contributed by atoms with Crippen molar-refractivity contribution in [2.75, 3.05) is 17.2 Å². The Bertz CT molecular complexity index is 835. The highest BCUT2D eigenvalue weighted by Gasteiger charge is 2.35. The zero-order valence-corrected chi connectivity index (χ0v) is 13.3. The number of hydrogen-bond acceptors (Lipinski definition) is 5. The van der Waals surface area contributed by atoms with Gasteiger partial charge in [-0.3, -0.25) is 9.69 Å². The predicted octanol–water partition coefficient (Wildman–Crippen LogP) is 2.65. The smallest absolute Gasteiger partial charge is 0.302 e. The number of hydrogen-bond donors (Lipinski definition) is 0. The predicted molar refractivity (Wildman–Crippen MR) is 82.3 cm³/mol. The van der Waals surface area contributed by atoms with Crippen LogP contribution in [0.1, 0.15) is 6.42 Å². The third-order valence-electron chi connectivity index (χ3n) is 3.54. The van der Waals surface area contributed by atoms with E-state index in [4.69, 9.17) is 16.1 Å². The summed E-state index contributed by atoms with van der Waals surface area (Å²) in [5, 5.41) is 4.48. The highest BCUT2D eigenvalue weighted by Crippen LogP contribution is 2.30. The average molecular weight is 359 g/mol. The second kappa shape index (κ2) is 5.93. The molecule has 0 bridgehead atoms. The van der Waals surface area contributed by atoms with Gasteiger partial charge in [-0.1, -0.05) is 28.9 Å². The van der Waals surface area contributed by atoms with Crippen molar-refractivity contribution < 1.29 is 21.6 Å². The first-order chi connectivity index (χ1) is 10.8. The van der Waals surface area contributed by atoms with Crippen LogP contribution in [0.5, 0.6) is 0 Å². The first-order valence-electron chi connectivity index (χ1n) is 6.77. The van der Waals surface area contributed by atoms with Crippen LogP contribution >= 0.6 is 11.6 Å². The lowest BCUT2D eigenvalue weighted by atomic mass is 10.1. The number of nitrogens with zero attached hydrogens (tertiary/aromatic N) is 2. The van der Waals surface area contributed by atoms with E-state index in [0.29, 0.717) is 10.7 Å². The van der Waals surface area contributed by atoms with Gasteiger partial charge >= 0.3 is 10.2 Å². The molecule has 0 radical (unpaired) electrons. The van der Waals surface area contributed by atoms with Gasteiger partial charge in [0.05, 0.1) is 5.75 Å². The van der Waals surface area contributed by atoms with E-state index in [1.54, 1.807) is 30.3 Å². The van der Waals surface area contributed by atoms with Crippen molar-refractivity contribution in [3.05, 3.63) is 35.4 Å². The van der Waals surface area contributed by atoms with Crippen molar-refractivity contribution >= 4 is 33.6 Å². The Hall–Kier alpha value is -1.93. The van der Waals surface area contributed by atoms with Gasteiger partial charge in [0.2, 0.25) is 11.8 Å². The fourth-order valence-electron chi connectivity index (χ4n) is 2.54. The van der Waals surface area contributed by atoms with Crippen LogP contribution in [-0.4, -0.2) is 31.8 Å². The minimum absolute atomic E-state index is 0.0415. The lowest BCUT2D eigenvalue weighted by molar-refractivity contribution is -0.117. The van der Waals surface area contributed by atoms with Gasteiger partial charge in [-0.2, -0.15) is 8.42 Å². The Morgan fingerprint density at radius 3 is 2.70 bits per heavy atom. The van der Waals surface area contributed by atoms with E-state index in [9.17, 15) is 17.1 Å². The fraction of sp³-hybridized carbons (Fsp3) is 0.286. The fourth-order valence-corrected chi connectivity index (χ4v) is 3.45. The average Bonchev–Trinajstić information content (AvgIpc) is 3.04. The number of amides is 1. The summed E-state index contributed by atoms with van der Waals surface area (Å²) in [5.41, 5.74) is 1.28. The number of halogens is 2. The zero-order chi connectivity index (χ0) is 16.6. The molecule has 3 rings (SSSR count). The largest absolute Gasteiger partial charge is 0.338 e. The second-order valence-corrected chi connectivity index (χ2v) is 7.18. The van der Waals surface area contributed by atoms with Crippen molar-refractivity contribution in [2.45, 2.75) is 6.42 Å². The number of rotatable bonds is 4. The van der Waals surface area contributed by atoms with Crippen LogP contribution in [0, 0.1) is 5.92 Å². The molecular weight excluding hydrogens is 347 g/mol. The molecule has 1 atom stereocenters. The third kappa shape index (κ3) is 3.70. The molecular formula is C14H12ClFN2O4S. The number of aromatic nitrogens is 1. The molecule has 6 nitrogen and oxygen atoms in total. The highest BCUT2D eigenvalue weighted by atomic mass is 35.5. The summed E-state index contributed by atoms with van der Waals surface area (Å²) in [6.07, 6.45) is -0.0415. The minimum Gasteiger partial charge on any atom is -0.338 e. The maximum Gasteiger partial charge on any atom is 0.302 e. The summed E-state index contributed by atoms with van der Waals surface area (Å²) < 4.78 is 39.3. The van der Waals surface area contributed by atoms with Crippen LogP contribution in [0.3, 0.4) is 0 Å². The Labute approximate surface area is 137 Å². The molecule has 1 aromatic carbocycles. The van der Waals surface area contributed by atoms with Crippen molar-refractivity contribution in [2.24, 2.45) is 5.92 Å². The van der Waals surface area contributed by atoms with Crippen molar-refractivity contribution in [1.82, 2.24) is 5.16 Å². The molecule has 0 spiro atoms. The van der Waals surface area contributed by atoms with Gasteiger partial charge in [0.1, 0.15) is 5.69 Å². The van der Waals surface area contributed by atoms with Gasteiger partial charge < -0.3 is 4.52 Å². The maximum atomic E-state index is 12.8. The Morgan fingerprint density at radius 1 is 1.35 bits per heavy atom. The van der Waals surface area contributed by atoms with Gasteiger partial charge in [0, 0.05) is 35.5 Å². The number of carbonyl (C=O) groups is 1. The van der Waals surface area contributed by atoms with E-state index < -0.39 is 21.9 Å². The number of anilines is 1. The summed E-state index contributed by atoms with van der Waals surface area (Å²) >= 11 is 5.82. The van der Waals surface area contributed by atoms with E-state index in [-0.39, 0.29) is 24.8 Å². The van der Waals surface area contributed by atoms with Crippen LogP contribution in [-0.2, 0) is 15.0 Å². The lowest BCUT2D eigenvalue weighted by Gasteiger charge is -2.11. The molecule has 1 aliphatic heterocycles. The lowest BCUT2D eigenvalue weighted by Crippen LogP contribution is -2.24. The molecule has 1 saturated heterocycles. The van der Waals surface area contributed by atoms with E-state index in [2.05, 4.69) is 5.16 Å². The highest BCUT2D eigenvalue weighted by molar-refractivity contribution is 7.86. The van der Waals surface area contributed by atoms with Crippen LogP contribution < -0.4 is 4.90 Å². The third-order valence-corrected chi connectivity index (χ3v) is 4.67. The molecule has 23 heavy (non-hydrogen) atoms. The molecule has 1 fully saturated rings. The molecule has 9 heteroatoms. The van der Waals surface area contributed by atoms with Gasteiger partial charge in [0.25, 0.3) is 0 Å². The van der Waals surface area contributed by atoms with Crippen LogP contribution in [0.25, 0.3) is 11.3 Å². The Morgan fingerprint density at radius 2 is 2.04 bits per heavy atom. The van der Waals surface area contributed by atoms with E-state index in [0.717, 1.165) is 5.56 Å². The molecule has 0 N–H and O–H groups in total. The first kappa shape index (κ1) is 15.9. The normalized spacial score (nSPS) is 18.6. The molecule has 2 heterocycles. The van der Waals surface area contributed by atoms with E-state index in [1.807, 2.05) is 0 Å². The van der Waals surface area contributed by atoms with E-state index in [1.165, 1.54) is 4.90 Å². The monoisotopic (exact) mass is 358 g/mol. The van der Waals surface area contributed by atoms with Crippen LogP contribution in [0.4, 0.5) is 9.77 Å². The topological polar surface area (TPSA) is 80.5 Å². The maximum absolute atomic E-state index is 12.8. The van der Waals surface area contributed by atoms with Gasteiger partial charge in [-0.05, 0) is 12.1 Å². The Kier molecular flexibility index (Phi) is 4.11. The zero-order valence-electron chi connectivity index (χ0n) is 11.8. The SMILES string of the molecule is O=C1CC(CS(=O)(=O)F)CN1c1cc(-c2ccc(Cl)cc2)no1. The van der Waals surface area contributed by atoms with Gasteiger partial charge in [-0.25, -0.2) is 0 Å². The minimum atomic E-state index is -4.62. The molecule has 122 valence electrons. The Balaban J connectivity index is 1.78. The van der Waals surface area contributed by atoms with Crippen LogP contribution in [0.15, 0.2) is 34.9 Å². The summed E-state index contributed by atoms with van der Waals surface area (Å²) in [4.78, 5) is 13.2. The molecule has 1 unspecified atom stereocenters. The van der Waals surface area contributed by atoms with Crippen molar-refractivity contribution in [3.8, 4) is 11.3 Å². The molecule has 1 aliphatic rings. The van der Waals surface area contributed by atoms with Gasteiger partial charge in [0.15, 0.2) is 0 Å². The molecule has 1 aromatic heterocycles. The second-order valence-electron chi connectivity index (χ2n) is 5.34. The summed E-state index contributed by atoms with van der Waals surface area (Å²) in [6, 6.07) is 8.50. The van der Waals surface area contributed by atoms with Crippen molar-refractivity contribution in [1.29, 1.82) is 0 Å². The summed E-state index contributed by atoms with van der Waals surface area (Å²) in [7, 11) is -4.62. The van der Waals surface area contributed by atoms with E-state index >= 15 is 0 Å². The summed E-state index contributed by atoms with van der Waals surface area (Å²) in [6.45, 7) is 0.0806. The van der Waals surface area contributed by atoms with Crippen molar-refractivity contribution in [3.63, 3.8) is 0 Å².